The Kier molecular flexibility index (Phi) is 6.26. The lowest BCUT2D eigenvalue weighted by Crippen LogP contribution is -2.24. The molecule has 150 valence electrons. The summed E-state index contributed by atoms with van der Waals surface area (Å²) in [5, 5.41) is 4.92. The lowest BCUT2D eigenvalue weighted by molar-refractivity contribution is -0.118. The van der Waals surface area contributed by atoms with Crippen molar-refractivity contribution in [3.8, 4) is 11.4 Å². The fourth-order valence-corrected chi connectivity index (χ4v) is 3.90. The Hall–Kier alpha value is -2.96. The lowest BCUT2D eigenvalue weighted by Gasteiger charge is -2.10. The zero-order valence-corrected chi connectivity index (χ0v) is 17.4. The monoisotopic (exact) mass is 437 g/mol. The fourth-order valence-electron chi connectivity index (χ4n) is 2.89. The third-order valence-corrected chi connectivity index (χ3v) is 5.62. The van der Waals surface area contributed by atoms with Crippen molar-refractivity contribution < 1.29 is 9.18 Å². The molecule has 30 heavy (non-hydrogen) atoms. The van der Waals surface area contributed by atoms with Crippen molar-refractivity contribution in [2.75, 3.05) is 5.75 Å². The first-order valence-corrected chi connectivity index (χ1v) is 10.6. The van der Waals surface area contributed by atoms with E-state index >= 15 is 0 Å². The third kappa shape index (κ3) is 4.96. The lowest BCUT2D eigenvalue weighted by atomic mass is 10.2. The Morgan fingerprint density at radius 1 is 1.00 bits per heavy atom. The molecule has 1 aromatic heterocycles. The molecule has 1 N–H and O–H groups in total. The van der Waals surface area contributed by atoms with E-state index in [1.807, 2.05) is 42.5 Å². The van der Waals surface area contributed by atoms with Crippen LogP contribution in [0.1, 0.15) is 5.56 Å². The number of halogens is 2. The molecule has 0 aliphatic carbocycles. The average molecular weight is 438 g/mol. The highest BCUT2D eigenvalue weighted by molar-refractivity contribution is 8.00. The molecule has 4 aromatic rings. The van der Waals surface area contributed by atoms with Gasteiger partial charge < -0.3 is 5.32 Å². The second-order valence-electron chi connectivity index (χ2n) is 6.57. The molecule has 0 radical (unpaired) electrons. The summed E-state index contributed by atoms with van der Waals surface area (Å²) in [6, 6.07) is 21.2. The van der Waals surface area contributed by atoms with Gasteiger partial charge in [0, 0.05) is 22.5 Å². The fraction of sp³-hybridized carbons (Fsp3) is 0.0870. The van der Waals surface area contributed by atoms with Crippen LogP contribution in [0.4, 0.5) is 4.39 Å². The number of hydrogen-bond acceptors (Lipinski definition) is 4. The van der Waals surface area contributed by atoms with Crippen LogP contribution < -0.4 is 5.32 Å². The first kappa shape index (κ1) is 20.3. The van der Waals surface area contributed by atoms with E-state index in [4.69, 9.17) is 11.6 Å². The first-order chi connectivity index (χ1) is 14.6. The van der Waals surface area contributed by atoms with Gasteiger partial charge in [-0.2, -0.15) is 0 Å². The number of nitrogens with zero attached hydrogens (tertiary/aromatic N) is 2. The number of thioether (sulfide) groups is 1. The van der Waals surface area contributed by atoms with E-state index in [2.05, 4.69) is 15.3 Å². The van der Waals surface area contributed by atoms with Crippen molar-refractivity contribution in [1.29, 1.82) is 0 Å². The molecule has 0 aliphatic rings. The van der Waals surface area contributed by atoms with Crippen molar-refractivity contribution in [3.05, 3.63) is 89.2 Å². The van der Waals surface area contributed by atoms with Crippen LogP contribution >= 0.6 is 23.4 Å². The number of carbonyl (C=O) groups is 1. The van der Waals surface area contributed by atoms with Gasteiger partial charge in [-0.15, -0.1) is 0 Å². The van der Waals surface area contributed by atoms with E-state index in [1.165, 1.54) is 23.9 Å². The first-order valence-electron chi connectivity index (χ1n) is 9.25. The predicted octanol–water partition coefficient (Wildman–Crippen LogP) is 5.50. The van der Waals surface area contributed by atoms with Crippen LogP contribution in [0.15, 0.2) is 77.8 Å². The molecule has 4 rings (SSSR count). The molecule has 1 amide bonds. The zero-order valence-electron chi connectivity index (χ0n) is 15.8. The second-order valence-corrected chi connectivity index (χ2v) is 7.97. The Bertz CT molecular complexity index is 1190. The normalized spacial score (nSPS) is 10.9. The maximum Gasteiger partial charge on any atom is 0.230 e. The molecule has 0 fully saturated rings. The van der Waals surface area contributed by atoms with Gasteiger partial charge in [-0.1, -0.05) is 65.8 Å². The minimum absolute atomic E-state index is 0.139. The smallest absolute Gasteiger partial charge is 0.230 e. The molecule has 0 atom stereocenters. The van der Waals surface area contributed by atoms with Crippen LogP contribution in [-0.4, -0.2) is 21.6 Å². The number of aromatic nitrogens is 2. The van der Waals surface area contributed by atoms with Gasteiger partial charge in [-0.05, 0) is 35.9 Å². The van der Waals surface area contributed by atoms with Gasteiger partial charge in [0.05, 0.1) is 11.3 Å². The van der Waals surface area contributed by atoms with Gasteiger partial charge in [0.25, 0.3) is 0 Å². The van der Waals surface area contributed by atoms with E-state index in [-0.39, 0.29) is 17.5 Å². The Balaban J connectivity index is 1.52. The Morgan fingerprint density at radius 3 is 2.53 bits per heavy atom. The molecule has 0 saturated heterocycles. The van der Waals surface area contributed by atoms with Gasteiger partial charge >= 0.3 is 0 Å². The third-order valence-electron chi connectivity index (χ3n) is 4.40. The highest BCUT2D eigenvalue weighted by Gasteiger charge is 2.12. The summed E-state index contributed by atoms with van der Waals surface area (Å²) in [6.45, 7) is 0.339. The molecule has 1 heterocycles. The molecule has 0 unspecified atom stereocenters. The molecule has 0 saturated carbocycles. The van der Waals surface area contributed by atoms with E-state index < -0.39 is 0 Å². The average Bonchev–Trinajstić information content (AvgIpc) is 2.77. The summed E-state index contributed by atoms with van der Waals surface area (Å²) < 4.78 is 13.0. The number of carbonyl (C=O) groups excluding carboxylic acids is 1. The van der Waals surface area contributed by atoms with Crippen LogP contribution in [0.5, 0.6) is 0 Å². The molecule has 0 bridgehead atoms. The quantitative estimate of drug-likeness (QED) is 0.320. The minimum atomic E-state index is -0.302. The molecule has 7 heteroatoms. The number of amides is 1. The van der Waals surface area contributed by atoms with Gasteiger partial charge in [-0.3, -0.25) is 4.79 Å². The standard InChI is InChI=1S/C23H17ClFN3OS/c24-17-8-11-20-19(12-17)23(28-22(27-20)16-4-2-1-3-5-16)30-14-21(29)26-13-15-6-9-18(25)10-7-15/h1-12H,13-14H2,(H,26,29). The Labute approximate surface area is 182 Å². The number of rotatable bonds is 6. The maximum absolute atomic E-state index is 13.0. The number of fused-ring (bicyclic) bond motifs is 1. The van der Waals surface area contributed by atoms with Crippen molar-refractivity contribution in [3.63, 3.8) is 0 Å². The van der Waals surface area contributed by atoms with E-state index in [9.17, 15) is 9.18 Å². The van der Waals surface area contributed by atoms with E-state index in [0.717, 1.165) is 22.0 Å². The highest BCUT2D eigenvalue weighted by Crippen LogP contribution is 2.30. The SMILES string of the molecule is O=C(CSc1nc(-c2ccccc2)nc2ccc(Cl)cc12)NCc1ccc(F)cc1. The van der Waals surface area contributed by atoms with Crippen molar-refractivity contribution in [2.45, 2.75) is 11.6 Å². The molecule has 3 aromatic carbocycles. The molecule has 0 spiro atoms. The van der Waals surface area contributed by atoms with Crippen LogP contribution in [0, 0.1) is 5.82 Å². The summed E-state index contributed by atoms with van der Waals surface area (Å²) in [5.74, 6) is 0.344. The van der Waals surface area contributed by atoms with Crippen molar-refractivity contribution in [1.82, 2.24) is 15.3 Å². The number of hydrogen-bond donors (Lipinski definition) is 1. The summed E-state index contributed by atoms with van der Waals surface area (Å²) in [4.78, 5) is 21.7. The molecule has 4 nitrogen and oxygen atoms in total. The highest BCUT2D eigenvalue weighted by atomic mass is 35.5. The van der Waals surface area contributed by atoms with Crippen molar-refractivity contribution in [2.24, 2.45) is 0 Å². The summed E-state index contributed by atoms with van der Waals surface area (Å²) in [6.07, 6.45) is 0. The maximum atomic E-state index is 13.0. The van der Waals surface area contributed by atoms with Gasteiger partial charge in [0.15, 0.2) is 5.82 Å². The molecular formula is C23H17ClFN3OS. The Morgan fingerprint density at radius 2 is 1.77 bits per heavy atom. The van der Waals surface area contributed by atoms with Crippen LogP contribution in [-0.2, 0) is 11.3 Å². The predicted molar refractivity (Wildman–Crippen MR) is 119 cm³/mol. The topological polar surface area (TPSA) is 54.9 Å². The van der Waals surface area contributed by atoms with Crippen molar-refractivity contribution >= 4 is 40.2 Å². The molecular weight excluding hydrogens is 421 g/mol. The van der Waals surface area contributed by atoms with Gasteiger partial charge in [-0.25, -0.2) is 14.4 Å². The van der Waals surface area contributed by atoms with Crippen LogP contribution in [0.3, 0.4) is 0 Å². The largest absolute Gasteiger partial charge is 0.351 e. The van der Waals surface area contributed by atoms with Crippen LogP contribution in [0.2, 0.25) is 5.02 Å². The zero-order chi connectivity index (χ0) is 20.9. The van der Waals surface area contributed by atoms with Crippen LogP contribution in [0.25, 0.3) is 22.3 Å². The summed E-state index contributed by atoms with van der Waals surface area (Å²) >= 11 is 7.50. The molecule has 0 aliphatic heterocycles. The van der Waals surface area contributed by atoms with Gasteiger partial charge in [0.2, 0.25) is 5.91 Å². The minimum Gasteiger partial charge on any atom is -0.351 e. The van der Waals surface area contributed by atoms with E-state index in [1.54, 1.807) is 18.2 Å². The summed E-state index contributed by atoms with van der Waals surface area (Å²) in [7, 11) is 0. The van der Waals surface area contributed by atoms with E-state index in [0.29, 0.717) is 22.4 Å². The number of benzene rings is 3. The number of nitrogens with one attached hydrogen (secondary N) is 1. The van der Waals surface area contributed by atoms with Gasteiger partial charge in [0.1, 0.15) is 10.8 Å². The second kappa shape index (κ2) is 9.24. The summed E-state index contributed by atoms with van der Waals surface area (Å²) in [5.41, 5.74) is 2.50.